The van der Waals surface area contributed by atoms with Crippen LogP contribution in [0.2, 0.25) is 0 Å². The second-order valence-electron chi connectivity index (χ2n) is 10.9. The SMILES string of the molecule is C=CCN(C(=O)C(Cc1ccccc1)NC(=O)OC(C)(C)C)C(C(=O)NC(C)(C)C)c1cccc(O)c1. The monoisotopic (exact) mass is 509 g/mol. The van der Waals surface area contributed by atoms with Crippen LogP contribution in [-0.4, -0.2) is 51.6 Å². The Kier molecular flexibility index (Phi) is 9.88. The van der Waals surface area contributed by atoms with Gasteiger partial charge in [0.1, 0.15) is 23.4 Å². The molecule has 8 heteroatoms. The molecule has 0 aliphatic heterocycles. The molecular weight excluding hydrogens is 470 g/mol. The Morgan fingerprint density at radius 1 is 1.03 bits per heavy atom. The van der Waals surface area contributed by atoms with Crippen LogP contribution in [-0.2, 0) is 20.7 Å². The molecule has 200 valence electrons. The Labute approximate surface area is 219 Å². The van der Waals surface area contributed by atoms with Crippen molar-refractivity contribution in [1.82, 2.24) is 15.5 Å². The zero-order chi connectivity index (χ0) is 27.8. The van der Waals surface area contributed by atoms with Gasteiger partial charge in [-0.05, 0) is 64.8 Å². The second kappa shape index (κ2) is 12.4. The minimum absolute atomic E-state index is 0.0258. The third-order valence-electron chi connectivity index (χ3n) is 5.12. The summed E-state index contributed by atoms with van der Waals surface area (Å²) < 4.78 is 5.42. The molecule has 0 fully saturated rings. The van der Waals surface area contributed by atoms with E-state index in [1.54, 1.807) is 32.9 Å². The van der Waals surface area contributed by atoms with Crippen molar-refractivity contribution >= 4 is 17.9 Å². The van der Waals surface area contributed by atoms with Crippen molar-refractivity contribution in [3.8, 4) is 5.75 Å². The van der Waals surface area contributed by atoms with Gasteiger partial charge in [0.15, 0.2) is 0 Å². The lowest BCUT2D eigenvalue weighted by atomic mass is 9.99. The lowest BCUT2D eigenvalue weighted by Crippen LogP contribution is -2.55. The molecule has 2 aromatic carbocycles. The zero-order valence-corrected chi connectivity index (χ0v) is 22.6. The summed E-state index contributed by atoms with van der Waals surface area (Å²) in [5.74, 6) is -0.958. The molecule has 0 heterocycles. The lowest BCUT2D eigenvalue weighted by molar-refractivity contribution is -0.142. The Bertz CT molecular complexity index is 1090. The summed E-state index contributed by atoms with van der Waals surface area (Å²) in [5.41, 5.74) is -0.0916. The normalized spacial score (nSPS) is 13.1. The number of amides is 3. The highest BCUT2D eigenvalue weighted by Gasteiger charge is 2.37. The van der Waals surface area contributed by atoms with Gasteiger partial charge in [0.25, 0.3) is 0 Å². The third-order valence-corrected chi connectivity index (χ3v) is 5.12. The number of nitrogens with one attached hydrogen (secondary N) is 2. The highest BCUT2D eigenvalue weighted by atomic mass is 16.6. The van der Waals surface area contributed by atoms with E-state index >= 15 is 0 Å². The third kappa shape index (κ3) is 9.63. The van der Waals surface area contributed by atoms with Crippen molar-refractivity contribution in [2.24, 2.45) is 0 Å². The van der Waals surface area contributed by atoms with Gasteiger partial charge in [-0.1, -0.05) is 48.5 Å². The number of carbonyl (C=O) groups excluding carboxylic acids is 3. The largest absolute Gasteiger partial charge is 0.508 e. The molecule has 0 saturated heterocycles. The second-order valence-corrected chi connectivity index (χ2v) is 10.9. The van der Waals surface area contributed by atoms with Crippen LogP contribution in [0.4, 0.5) is 4.79 Å². The number of hydrogen-bond acceptors (Lipinski definition) is 5. The van der Waals surface area contributed by atoms with Gasteiger partial charge in [0.05, 0.1) is 0 Å². The highest BCUT2D eigenvalue weighted by molar-refractivity contribution is 5.92. The standard InChI is InChI=1S/C29H39N3O5/c1-8-17-32(24(25(34)31-28(2,3)4)21-15-12-16-22(33)19-21)26(35)23(18-20-13-10-9-11-14-20)30-27(36)37-29(5,6)7/h8-16,19,23-24,33H,1,17-18H2,2-7H3,(H,30,36)(H,31,34). The first kappa shape index (κ1) is 29.4. The first-order valence-corrected chi connectivity index (χ1v) is 12.3. The van der Waals surface area contributed by atoms with Gasteiger partial charge in [-0.3, -0.25) is 9.59 Å². The Morgan fingerprint density at radius 2 is 1.68 bits per heavy atom. The maximum absolute atomic E-state index is 14.1. The molecule has 8 nitrogen and oxygen atoms in total. The van der Waals surface area contributed by atoms with Gasteiger partial charge in [-0.25, -0.2) is 4.79 Å². The molecular formula is C29H39N3O5. The van der Waals surface area contributed by atoms with Gasteiger partial charge in [-0.2, -0.15) is 0 Å². The number of benzene rings is 2. The summed E-state index contributed by atoms with van der Waals surface area (Å²) in [4.78, 5) is 41.7. The van der Waals surface area contributed by atoms with E-state index in [4.69, 9.17) is 4.74 Å². The maximum atomic E-state index is 14.1. The van der Waals surface area contributed by atoms with Gasteiger partial charge in [0.2, 0.25) is 11.8 Å². The van der Waals surface area contributed by atoms with Crippen molar-refractivity contribution in [2.75, 3.05) is 6.54 Å². The van der Waals surface area contributed by atoms with E-state index in [0.717, 1.165) is 5.56 Å². The molecule has 0 bridgehead atoms. The molecule has 0 saturated carbocycles. The number of aromatic hydroxyl groups is 1. The Balaban J connectivity index is 2.54. The number of rotatable bonds is 9. The van der Waals surface area contributed by atoms with Crippen LogP contribution in [0, 0.1) is 0 Å². The van der Waals surface area contributed by atoms with Gasteiger partial charge in [-0.15, -0.1) is 6.58 Å². The fourth-order valence-electron chi connectivity index (χ4n) is 3.77. The molecule has 0 aliphatic carbocycles. The van der Waals surface area contributed by atoms with Crippen molar-refractivity contribution in [1.29, 1.82) is 0 Å². The lowest BCUT2D eigenvalue weighted by Gasteiger charge is -2.35. The predicted molar refractivity (Wildman–Crippen MR) is 144 cm³/mol. The summed E-state index contributed by atoms with van der Waals surface area (Å²) in [6, 6.07) is 13.4. The quantitative estimate of drug-likeness (QED) is 0.432. The molecule has 0 aromatic heterocycles. The topological polar surface area (TPSA) is 108 Å². The van der Waals surface area contributed by atoms with E-state index in [0.29, 0.717) is 5.56 Å². The molecule has 0 aliphatic rings. The molecule has 2 aromatic rings. The van der Waals surface area contributed by atoms with Crippen LogP contribution in [0.5, 0.6) is 5.75 Å². The summed E-state index contributed by atoms with van der Waals surface area (Å²) in [6.07, 6.45) is 0.957. The predicted octanol–water partition coefficient (Wildman–Crippen LogP) is 4.50. The van der Waals surface area contributed by atoms with Crippen LogP contribution in [0.25, 0.3) is 0 Å². The fourth-order valence-corrected chi connectivity index (χ4v) is 3.77. The number of carbonyl (C=O) groups is 3. The first-order chi connectivity index (χ1) is 17.2. The minimum atomic E-state index is -1.09. The van der Waals surface area contributed by atoms with E-state index in [2.05, 4.69) is 17.2 Å². The smallest absolute Gasteiger partial charge is 0.408 e. The number of phenolic OH excluding ortho intramolecular Hbond substituents is 1. The Hall–Kier alpha value is -3.81. The molecule has 3 amide bonds. The van der Waals surface area contributed by atoms with Crippen molar-refractivity contribution in [3.05, 3.63) is 78.4 Å². The van der Waals surface area contributed by atoms with Crippen LogP contribution < -0.4 is 10.6 Å². The molecule has 2 unspecified atom stereocenters. The minimum Gasteiger partial charge on any atom is -0.508 e. The van der Waals surface area contributed by atoms with Crippen molar-refractivity contribution < 1.29 is 24.2 Å². The Morgan fingerprint density at radius 3 is 2.22 bits per heavy atom. The number of alkyl carbamates (subject to hydrolysis) is 1. The van der Waals surface area contributed by atoms with E-state index in [-0.39, 0.29) is 18.7 Å². The number of nitrogens with zero attached hydrogens (tertiary/aromatic N) is 1. The number of ether oxygens (including phenoxy) is 1. The number of phenols is 1. The molecule has 3 N–H and O–H groups in total. The van der Waals surface area contributed by atoms with E-state index in [1.807, 2.05) is 51.1 Å². The molecule has 2 rings (SSSR count). The summed E-state index contributed by atoms with van der Waals surface area (Å²) in [6.45, 7) is 14.5. The molecule has 37 heavy (non-hydrogen) atoms. The summed E-state index contributed by atoms with van der Waals surface area (Å²) in [5, 5.41) is 15.8. The molecule has 0 spiro atoms. The maximum Gasteiger partial charge on any atom is 0.408 e. The number of hydrogen-bond donors (Lipinski definition) is 3. The van der Waals surface area contributed by atoms with Crippen molar-refractivity contribution in [2.45, 2.75) is 71.2 Å². The highest BCUT2D eigenvalue weighted by Crippen LogP contribution is 2.26. The van der Waals surface area contributed by atoms with E-state index < -0.39 is 41.1 Å². The van der Waals surface area contributed by atoms with E-state index in [1.165, 1.54) is 23.1 Å². The molecule has 0 radical (unpaired) electrons. The average Bonchev–Trinajstić information content (AvgIpc) is 2.76. The van der Waals surface area contributed by atoms with Crippen LogP contribution in [0.15, 0.2) is 67.3 Å². The van der Waals surface area contributed by atoms with E-state index in [9.17, 15) is 19.5 Å². The van der Waals surface area contributed by atoms with Crippen LogP contribution in [0.1, 0.15) is 58.7 Å². The average molecular weight is 510 g/mol. The zero-order valence-electron chi connectivity index (χ0n) is 22.6. The first-order valence-electron chi connectivity index (χ1n) is 12.3. The van der Waals surface area contributed by atoms with Gasteiger partial charge in [0, 0.05) is 18.5 Å². The van der Waals surface area contributed by atoms with Crippen LogP contribution >= 0.6 is 0 Å². The molecule has 2 atom stereocenters. The summed E-state index contributed by atoms with van der Waals surface area (Å²) in [7, 11) is 0. The fraction of sp³-hybridized carbons (Fsp3) is 0.414. The van der Waals surface area contributed by atoms with Gasteiger partial charge >= 0.3 is 6.09 Å². The van der Waals surface area contributed by atoms with Crippen molar-refractivity contribution in [3.63, 3.8) is 0 Å². The van der Waals surface area contributed by atoms with Crippen LogP contribution in [0.3, 0.4) is 0 Å². The summed E-state index contributed by atoms with van der Waals surface area (Å²) >= 11 is 0. The van der Waals surface area contributed by atoms with Gasteiger partial charge < -0.3 is 25.4 Å².